The summed E-state index contributed by atoms with van der Waals surface area (Å²) < 4.78 is 0. The number of aliphatic hydroxyl groups excluding tert-OH is 5. The van der Waals surface area contributed by atoms with E-state index in [-0.39, 0.29) is 33.7 Å². The SMILES string of the molecule is CCN(CO)c1ccc(N(c2ccc(N(CO)CO)cc2)c2ccc(N(CO)CO)cc2)cc1. The van der Waals surface area contributed by atoms with Crippen LogP contribution < -0.4 is 19.6 Å². The summed E-state index contributed by atoms with van der Waals surface area (Å²) in [6.07, 6.45) is 0. The first-order chi connectivity index (χ1) is 16.6. The largest absolute Gasteiger partial charge is 0.376 e. The molecule has 0 saturated heterocycles. The molecule has 0 bridgehead atoms. The zero-order valence-electron chi connectivity index (χ0n) is 19.2. The van der Waals surface area contributed by atoms with Crippen LogP contribution in [0.4, 0.5) is 34.1 Å². The molecule has 9 heteroatoms. The van der Waals surface area contributed by atoms with Gasteiger partial charge >= 0.3 is 0 Å². The van der Waals surface area contributed by atoms with Crippen molar-refractivity contribution in [1.82, 2.24) is 0 Å². The Balaban J connectivity index is 2.01. The van der Waals surface area contributed by atoms with E-state index in [4.69, 9.17) is 0 Å². The number of hydrogen-bond donors (Lipinski definition) is 5. The zero-order chi connectivity index (χ0) is 24.5. The third-order valence-corrected chi connectivity index (χ3v) is 5.65. The van der Waals surface area contributed by atoms with E-state index in [1.54, 1.807) is 0 Å². The van der Waals surface area contributed by atoms with E-state index in [2.05, 4.69) is 0 Å². The van der Waals surface area contributed by atoms with E-state index in [0.717, 1.165) is 22.7 Å². The summed E-state index contributed by atoms with van der Waals surface area (Å²) in [5, 5.41) is 47.3. The second-order valence-electron chi connectivity index (χ2n) is 7.53. The summed E-state index contributed by atoms with van der Waals surface area (Å²) in [5.41, 5.74) is 4.87. The monoisotopic (exact) mass is 468 g/mol. The average Bonchev–Trinajstić information content (AvgIpc) is 2.89. The van der Waals surface area contributed by atoms with Gasteiger partial charge in [-0.1, -0.05) is 0 Å². The van der Waals surface area contributed by atoms with Crippen molar-refractivity contribution in [2.75, 3.05) is 59.8 Å². The van der Waals surface area contributed by atoms with Crippen LogP contribution in [0.5, 0.6) is 0 Å². The minimum Gasteiger partial charge on any atom is -0.376 e. The minimum absolute atomic E-state index is 0.0685. The summed E-state index contributed by atoms with van der Waals surface area (Å²) in [4.78, 5) is 6.72. The highest BCUT2D eigenvalue weighted by atomic mass is 16.3. The molecule has 182 valence electrons. The van der Waals surface area contributed by atoms with Crippen molar-refractivity contribution in [3.8, 4) is 0 Å². The lowest BCUT2D eigenvalue weighted by atomic mass is 10.1. The fourth-order valence-corrected chi connectivity index (χ4v) is 3.67. The van der Waals surface area contributed by atoms with Crippen LogP contribution in [0.2, 0.25) is 0 Å². The second kappa shape index (κ2) is 12.2. The lowest BCUT2D eigenvalue weighted by Gasteiger charge is -2.28. The first-order valence-corrected chi connectivity index (χ1v) is 11.0. The molecule has 0 aliphatic rings. The second-order valence-corrected chi connectivity index (χ2v) is 7.53. The van der Waals surface area contributed by atoms with Gasteiger partial charge in [0.05, 0.1) is 0 Å². The molecular formula is C25H32N4O5. The number of benzene rings is 3. The molecule has 9 nitrogen and oxygen atoms in total. The molecule has 0 aliphatic heterocycles. The first kappa shape index (κ1) is 25.3. The number of rotatable bonds is 12. The highest BCUT2D eigenvalue weighted by Gasteiger charge is 2.15. The van der Waals surface area contributed by atoms with Crippen LogP contribution >= 0.6 is 0 Å². The number of aliphatic hydroxyl groups is 5. The van der Waals surface area contributed by atoms with Gasteiger partial charge in [-0.3, -0.25) is 0 Å². The van der Waals surface area contributed by atoms with Crippen LogP contribution in [0.1, 0.15) is 6.92 Å². The normalized spacial score (nSPS) is 10.8. The van der Waals surface area contributed by atoms with Gasteiger partial charge in [0, 0.05) is 40.7 Å². The van der Waals surface area contributed by atoms with E-state index in [1.807, 2.05) is 89.5 Å². The van der Waals surface area contributed by atoms with Gasteiger partial charge in [-0.15, -0.1) is 0 Å². The van der Waals surface area contributed by atoms with Gasteiger partial charge in [-0.25, -0.2) is 0 Å². The van der Waals surface area contributed by atoms with E-state index in [1.165, 1.54) is 9.80 Å². The van der Waals surface area contributed by atoms with Crippen LogP contribution in [0.3, 0.4) is 0 Å². The van der Waals surface area contributed by atoms with Crippen molar-refractivity contribution in [1.29, 1.82) is 0 Å². The topological polar surface area (TPSA) is 114 Å². The fraction of sp³-hybridized carbons (Fsp3) is 0.280. The molecule has 5 N–H and O–H groups in total. The highest BCUT2D eigenvalue weighted by molar-refractivity contribution is 5.79. The smallest absolute Gasteiger partial charge is 0.117 e. The fourth-order valence-electron chi connectivity index (χ4n) is 3.67. The van der Waals surface area contributed by atoms with Crippen LogP contribution in [0, 0.1) is 0 Å². The van der Waals surface area contributed by atoms with Crippen molar-refractivity contribution in [2.24, 2.45) is 0 Å². The van der Waals surface area contributed by atoms with E-state index in [9.17, 15) is 25.5 Å². The third kappa shape index (κ3) is 5.58. The van der Waals surface area contributed by atoms with Gasteiger partial charge < -0.3 is 45.1 Å². The molecule has 0 heterocycles. The maximum atomic E-state index is 9.57. The van der Waals surface area contributed by atoms with Crippen LogP contribution in [-0.4, -0.2) is 65.7 Å². The Bertz CT molecular complexity index is 855. The van der Waals surface area contributed by atoms with Crippen LogP contribution in [0.15, 0.2) is 72.8 Å². The molecule has 0 unspecified atom stereocenters. The molecule has 0 radical (unpaired) electrons. The zero-order valence-corrected chi connectivity index (χ0v) is 19.2. The van der Waals surface area contributed by atoms with Crippen LogP contribution in [-0.2, 0) is 0 Å². The molecule has 0 atom stereocenters. The molecule has 34 heavy (non-hydrogen) atoms. The number of hydrogen-bond acceptors (Lipinski definition) is 9. The maximum Gasteiger partial charge on any atom is 0.117 e. The van der Waals surface area contributed by atoms with Crippen molar-refractivity contribution >= 4 is 34.1 Å². The highest BCUT2D eigenvalue weighted by Crippen LogP contribution is 2.37. The van der Waals surface area contributed by atoms with E-state index < -0.39 is 0 Å². The third-order valence-electron chi connectivity index (χ3n) is 5.65. The quantitative estimate of drug-likeness (QED) is 0.256. The lowest BCUT2D eigenvalue weighted by Crippen LogP contribution is -2.25. The Labute approximate surface area is 199 Å². The summed E-state index contributed by atoms with van der Waals surface area (Å²) in [7, 11) is 0. The maximum absolute atomic E-state index is 9.57. The van der Waals surface area contributed by atoms with Gasteiger partial charge in [0.15, 0.2) is 0 Å². The molecular weight excluding hydrogens is 436 g/mol. The summed E-state index contributed by atoms with van der Waals surface area (Å²) in [6, 6.07) is 22.7. The number of anilines is 6. The van der Waals surface area contributed by atoms with Crippen LogP contribution in [0.25, 0.3) is 0 Å². The standard InChI is InChI=1S/C25H32N4O5/c1-2-26(15-30)20-3-9-23(10-4-20)29(24-11-5-21(6-12-24)27(16-31)17-32)25-13-7-22(8-14-25)28(18-33)19-34/h3-14,30-34H,2,15-19H2,1H3. The van der Waals surface area contributed by atoms with Crippen molar-refractivity contribution < 1.29 is 25.5 Å². The molecule has 3 aromatic carbocycles. The van der Waals surface area contributed by atoms with Gasteiger partial charge in [0.2, 0.25) is 0 Å². The molecule has 0 saturated carbocycles. The Hall–Kier alpha value is -3.34. The molecule has 0 aliphatic carbocycles. The predicted octanol–water partition coefficient (Wildman–Crippen LogP) is 2.34. The minimum atomic E-state index is -0.298. The predicted molar refractivity (Wildman–Crippen MR) is 135 cm³/mol. The Morgan fingerprint density at radius 1 is 0.412 bits per heavy atom. The average molecular weight is 469 g/mol. The Kier molecular flexibility index (Phi) is 9.08. The van der Waals surface area contributed by atoms with Gasteiger partial charge in [-0.2, -0.15) is 0 Å². The Morgan fingerprint density at radius 2 is 0.647 bits per heavy atom. The summed E-state index contributed by atoms with van der Waals surface area (Å²) in [5.74, 6) is 0. The molecule has 0 amide bonds. The molecule has 3 rings (SSSR count). The molecule has 0 aromatic heterocycles. The summed E-state index contributed by atoms with van der Waals surface area (Å²) in [6.45, 7) is 1.40. The summed E-state index contributed by atoms with van der Waals surface area (Å²) >= 11 is 0. The number of nitrogens with zero attached hydrogens (tertiary/aromatic N) is 4. The molecule has 3 aromatic rings. The van der Waals surface area contributed by atoms with Gasteiger partial charge in [0.1, 0.15) is 33.7 Å². The van der Waals surface area contributed by atoms with Crippen molar-refractivity contribution in [3.63, 3.8) is 0 Å². The lowest BCUT2D eigenvalue weighted by molar-refractivity contribution is 0.222. The van der Waals surface area contributed by atoms with Gasteiger partial charge in [0.25, 0.3) is 0 Å². The van der Waals surface area contributed by atoms with E-state index in [0.29, 0.717) is 17.9 Å². The van der Waals surface area contributed by atoms with Crippen molar-refractivity contribution in [2.45, 2.75) is 6.92 Å². The molecule has 0 fully saturated rings. The van der Waals surface area contributed by atoms with E-state index >= 15 is 0 Å². The first-order valence-electron chi connectivity index (χ1n) is 11.0. The molecule has 0 spiro atoms. The van der Waals surface area contributed by atoms with Gasteiger partial charge in [-0.05, 0) is 79.7 Å². The van der Waals surface area contributed by atoms with Crippen molar-refractivity contribution in [3.05, 3.63) is 72.8 Å². The Morgan fingerprint density at radius 3 is 0.882 bits per heavy atom.